The minimum atomic E-state index is -3.91. The number of aromatic nitrogens is 5. The van der Waals surface area contributed by atoms with Gasteiger partial charge in [-0.1, -0.05) is 41.4 Å². The number of primary sulfonamides is 1. The Morgan fingerprint density at radius 2 is 1.93 bits per heavy atom. The first-order chi connectivity index (χ1) is 13.0. The first-order valence-electron chi connectivity index (χ1n) is 7.97. The highest BCUT2D eigenvalue weighted by molar-refractivity contribution is 7.89. The summed E-state index contributed by atoms with van der Waals surface area (Å²) in [5.74, 6) is -0.476. The Bertz CT molecular complexity index is 1120. The lowest BCUT2D eigenvalue weighted by Gasteiger charge is -2.21. The maximum Gasteiger partial charge on any atom is 0.223 e. The monoisotopic (exact) mass is 442 g/mol. The van der Waals surface area contributed by atoms with E-state index in [1.807, 2.05) is 0 Å². The minimum absolute atomic E-state index is 0.119. The van der Waals surface area contributed by atoms with E-state index in [1.54, 1.807) is 30.3 Å². The molecule has 0 aliphatic rings. The van der Waals surface area contributed by atoms with Crippen LogP contribution in [0.25, 0.3) is 11.5 Å². The number of nitrogens with zero attached hydrogens (tertiary/aromatic N) is 5. The molecule has 0 fully saturated rings. The third kappa shape index (κ3) is 4.83. The number of aliphatic hydroxyl groups is 1. The molecule has 0 spiro atoms. The van der Waals surface area contributed by atoms with Crippen molar-refractivity contribution >= 4 is 33.2 Å². The van der Waals surface area contributed by atoms with Crippen molar-refractivity contribution in [2.75, 3.05) is 5.75 Å². The van der Waals surface area contributed by atoms with Crippen LogP contribution >= 0.6 is 23.2 Å². The molecular formula is C16H16Cl2N6O3S. The largest absolute Gasteiger partial charge is 0.383 e. The van der Waals surface area contributed by atoms with Gasteiger partial charge < -0.3 is 5.11 Å². The fourth-order valence-corrected chi connectivity index (χ4v) is 3.87. The molecule has 2 heterocycles. The average molecular weight is 443 g/mol. The van der Waals surface area contributed by atoms with E-state index in [1.165, 1.54) is 17.8 Å². The van der Waals surface area contributed by atoms with Gasteiger partial charge in [-0.2, -0.15) is 4.80 Å². The summed E-state index contributed by atoms with van der Waals surface area (Å²) in [5, 5.41) is 28.5. The quantitative estimate of drug-likeness (QED) is 0.590. The van der Waals surface area contributed by atoms with E-state index in [-0.39, 0.29) is 18.1 Å². The standard InChI is InChI=1S/C16H16Cl2N6O3S/c1-16(25,9-28(19,26)27)13-7-3-6-12(20-13)15-21-23-24(22-15)8-10-4-2-5-11(17)14(10)18/h2-7,25H,8-9H2,1H3,(H2,19,26,27). The number of sulfonamides is 1. The van der Waals surface area contributed by atoms with Crippen LogP contribution in [0.4, 0.5) is 0 Å². The Labute approximate surface area is 171 Å². The molecule has 1 aromatic carbocycles. The maximum atomic E-state index is 11.3. The summed E-state index contributed by atoms with van der Waals surface area (Å²) in [7, 11) is -3.91. The number of rotatable bonds is 6. The van der Waals surface area contributed by atoms with Crippen LogP contribution in [0.1, 0.15) is 18.2 Å². The maximum absolute atomic E-state index is 11.3. The van der Waals surface area contributed by atoms with Gasteiger partial charge in [0.2, 0.25) is 15.8 Å². The van der Waals surface area contributed by atoms with Crippen molar-refractivity contribution in [1.29, 1.82) is 0 Å². The Morgan fingerprint density at radius 3 is 2.64 bits per heavy atom. The van der Waals surface area contributed by atoms with Gasteiger partial charge in [-0.3, -0.25) is 0 Å². The molecule has 0 radical (unpaired) electrons. The zero-order valence-electron chi connectivity index (χ0n) is 14.6. The van der Waals surface area contributed by atoms with Gasteiger partial charge in [-0.15, -0.1) is 10.2 Å². The van der Waals surface area contributed by atoms with Crippen molar-refractivity contribution in [2.45, 2.75) is 19.1 Å². The third-order valence-electron chi connectivity index (χ3n) is 3.81. The zero-order valence-corrected chi connectivity index (χ0v) is 16.9. The van der Waals surface area contributed by atoms with Gasteiger partial charge in [0, 0.05) is 0 Å². The molecule has 1 unspecified atom stereocenters. The molecule has 3 N–H and O–H groups in total. The number of hydrogen-bond acceptors (Lipinski definition) is 7. The predicted octanol–water partition coefficient (Wildman–Crippen LogP) is 1.59. The van der Waals surface area contributed by atoms with Crippen LogP contribution in [0, 0.1) is 0 Å². The summed E-state index contributed by atoms with van der Waals surface area (Å²) in [6, 6.07) is 9.94. The molecule has 0 saturated heterocycles. The molecule has 0 saturated carbocycles. The summed E-state index contributed by atoms with van der Waals surface area (Å²) in [6.07, 6.45) is 0. The summed E-state index contributed by atoms with van der Waals surface area (Å²) >= 11 is 12.2. The van der Waals surface area contributed by atoms with Crippen molar-refractivity contribution in [3.63, 3.8) is 0 Å². The molecule has 0 amide bonds. The number of nitrogens with two attached hydrogens (primary N) is 1. The molecule has 0 aliphatic carbocycles. The number of hydrogen-bond donors (Lipinski definition) is 2. The topological polar surface area (TPSA) is 137 Å². The van der Waals surface area contributed by atoms with Crippen LogP contribution in [-0.4, -0.2) is 44.5 Å². The highest BCUT2D eigenvalue weighted by atomic mass is 35.5. The van der Waals surface area contributed by atoms with E-state index in [0.717, 1.165) is 5.56 Å². The van der Waals surface area contributed by atoms with E-state index in [0.29, 0.717) is 15.7 Å². The van der Waals surface area contributed by atoms with E-state index in [2.05, 4.69) is 20.4 Å². The highest BCUT2D eigenvalue weighted by Crippen LogP contribution is 2.26. The Hall–Kier alpha value is -2.11. The van der Waals surface area contributed by atoms with Gasteiger partial charge >= 0.3 is 0 Å². The van der Waals surface area contributed by atoms with Crippen molar-refractivity contribution in [1.82, 2.24) is 25.2 Å². The van der Waals surface area contributed by atoms with Crippen molar-refractivity contribution < 1.29 is 13.5 Å². The van der Waals surface area contributed by atoms with Crippen LogP contribution in [0.5, 0.6) is 0 Å². The summed E-state index contributed by atoms with van der Waals surface area (Å²) in [4.78, 5) is 5.58. The Morgan fingerprint density at radius 1 is 1.21 bits per heavy atom. The van der Waals surface area contributed by atoms with Crippen molar-refractivity contribution in [3.05, 3.63) is 57.7 Å². The Balaban J connectivity index is 1.87. The molecule has 9 nitrogen and oxygen atoms in total. The van der Waals surface area contributed by atoms with Crippen LogP contribution in [-0.2, 0) is 22.2 Å². The lowest BCUT2D eigenvalue weighted by Crippen LogP contribution is -2.35. The summed E-state index contributed by atoms with van der Waals surface area (Å²) in [6.45, 7) is 1.56. The van der Waals surface area contributed by atoms with E-state index >= 15 is 0 Å². The molecule has 12 heteroatoms. The van der Waals surface area contributed by atoms with Crippen LogP contribution in [0.15, 0.2) is 36.4 Å². The molecular weight excluding hydrogens is 427 g/mol. The molecule has 0 aliphatic heterocycles. The highest BCUT2D eigenvalue weighted by Gasteiger charge is 2.30. The van der Waals surface area contributed by atoms with Crippen molar-refractivity contribution in [3.8, 4) is 11.5 Å². The fourth-order valence-electron chi connectivity index (χ4n) is 2.56. The second kappa shape index (κ2) is 7.72. The van der Waals surface area contributed by atoms with Crippen molar-refractivity contribution in [2.24, 2.45) is 5.14 Å². The predicted molar refractivity (Wildman–Crippen MR) is 104 cm³/mol. The van der Waals surface area contributed by atoms with Gasteiger partial charge in [-0.05, 0) is 35.9 Å². The first kappa shape index (κ1) is 20.6. The van der Waals surface area contributed by atoms with Crippen LogP contribution in [0.3, 0.4) is 0 Å². The second-order valence-electron chi connectivity index (χ2n) is 6.35. The normalized spacial score (nSPS) is 14.0. The smallest absolute Gasteiger partial charge is 0.223 e. The molecule has 28 heavy (non-hydrogen) atoms. The zero-order chi connectivity index (χ0) is 20.5. The van der Waals surface area contributed by atoms with E-state index in [4.69, 9.17) is 28.3 Å². The molecule has 148 valence electrons. The molecule has 2 aromatic heterocycles. The molecule has 0 bridgehead atoms. The van der Waals surface area contributed by atoms with Gasteiger partial charge in [0.05, 0.1) is 28.0 Å². The Kier molecular flexibility index (Phi) is 5.69. The van der Waals surface area contributed by atoms with E-state index in [9.17, 15) is 13.5 Å². The number of tetrazole rings is 1. The molecule has 1 atom stereocenters. The fraction of sp³-hybridized carbons (Fsp3) is 0.250. The lowest BCUT2D eigenvalue weighted by atomic mass is 10.0. The summed E-state index contributed by atoms with van der Waals surface area (Å²) in [5.41, 5.74) is -0.617. The third-order valence-corrected chi connectivity index (χ3v) is 5.63. The first-order valence-corrected chi connectivity index (χ1v) is 10.4. The van der Waals surface area contributed by atoms with Gasteiger partial charge in [-0.25, -0.2) is 18.5 Å². The van der Waals surface area contributed by atoms with Crippen LogP contribution in [0.2, 0.25) is 10.0 Å². The minimum Gasteiger partial charge on any atom is -0.383 e. The average Bonchev–Trinajstić information content (AvgIpc) is 3.06. The SMILES string of the molecule is CC(O)(CS(N)(=O)=O)c1cccc(-c2nnn(Cc3cccc(Cl)c3Cl)n2)n1. The van der Waals surface area contributed by atoms with Gasteiger partial charge in [0.15, 0.2) is 0 Å². The summed E-state index contributed by atoms with van der Waals surface area (Å²) < 4.78 is 22.7. The van der Waals surface area contributed by atoms with E-state index < -0.39 is 21.4 Å². The second-order valence-corrected chi connectivity index (χ2v) is 8.75. The van der Waals surface area contributed by atoms with Gasteiger partial charge in [0.1, 0.15) is 11.3 Å². The molecule has 3 rings (SSSR count). The lowest BCUT2D eigenvalue weighted by molar-refractivity contribution is 0.0773. The van der Waals surface area contributed by atoms with Gasteiger partial charge in [0.25, 0.3) is 0 Å². The van der Waals surface area contributed by atoms with Crippen LogP contribution < -0.4 is 5.14 Å². The number of benzene rings is 1. The molecule has 3 aromatic rings. The number of pyridine rings is 1. The number of halogens is 2.